The van der Waals surface area contributed by atoms with E-state index in [9.17, 15) is 0 Å². The number of anilines is 1. The highest BCUT2D eigenvalue weighted by Crippen LogP contribution is 2.50. The van der Waals surface area contributed by atoms with Gasteiger partial charge in [-0.15, -0.1) is 0 Å². The lowest BCUT2D eigenvalue weighted by Crippen LogP contribution is -2.32. The van der Waals surface area contributed by atoms with Gasteiger partial charge in [-0.05, 0) is 23.3 Å². The summed E-state index contributed by atoms with van der Waals surface area (Å²) in [6, 6.07) is 28.8. The molecule has 0 amide bonds. The lowest BCUT2D eigenvalue weighted by molar-refractivity contribution is 0.223. The number of para-hydroxylation sites is 1. The van der Waals surface area contributed by atoms with Crippen LogP contribution in [0.2, 0.25) is 0 Å². The standard InChI is InChI=1S/C24H18N4O/c1-3-9-16(10-4-1)22-20-21(27-24-25-15-26-28(22)24)18-13-7-8-14-19(18)29-23(20)17-11-5-2-6-12-17/h1-15,22-23H,(H,25,26,27)/t22-,23-/m0/s1. The molecule has 140 valence electrons. The maximum atomic E-state index is 6.57. The van der Waals surface area contributed by atoms with Crippen molar-refractivity contribution in [2.24, 2.45) is 0 Å². The monoisotopic (exact) mass is 378 g/mol. The molecule has 0 fully saturated rings. The van der Waals surface area contributed by atoms with E-state index in [0.717, 1.165) is 39.7 Å². The van der Waals surface area contributed by atoms with Crippen molar-refractivity contribution >= 4 is 11.6 Å². The Balaban J connectivity index is 1.65. The van der Waals surface area contributed by atoms with Crippen molar-refractivity contribution in [3.05, 3.63) is 114 Å². The van der Waals surface area contributed by atoms with Crippen molar-refractivity contribution in [2.45, 2.75) is 12.1 Å². The fourth-order valence-corrected chi connectivity index (χ4v) is 4.28. The molecule has 1 aromatic heterocycles. The highest BCUT2D eigenvalue weighted by atomic mass is 16.5. The SMILES string of the molecule is c1ccc([C@@H]2Oc3ccccc3C3=C2[C@H](c2ccccc2)n2ncnc2N3)cc1. The molecule has 0 spiro atoms. The number of aromatic nitrogens is 3. The molecule has 2 aliphatic rings. The molecule has 0 unspecified atom stereocenters. The van der Waals surface area contributed by atoms with Crippen LogP contribution in [0, 0.1) is 0 Å². The molecule has 3 heterocycles. The first-order chi connectivity index (χ1) is 14.4. The third-order valence-corrected chi connectivity index (χ3v) is 5.54. The molecule has 5 heteroatoms. The average molecular weight is 378 g/mol. The van der Waals surface area contributed by atoms with E-state index in [-0.39, 0.29) is 12.1 Å². The van der Waals surface area contributed by atoms with Gasteiger partial charge in [0.2, 0.25) is 5.95 Å². The summed E-state index contributed by atoms with van der Waals surface area (Å²) in [6.07, 6.45) is 1.37. The van der Waals surface area contributed by atoms with Crippen molar-refractivity contribution in [2.75, 3.05) is 5.32 Å². The molecule has 4 aromatic rings. The number of hydrogen-bond donors (Lipinski definition) is 1. The third-order valence-electron chi connectivity index (χ3n) is 5.54. The molecule has 0 saturated carbocycles. The molecule has 2 aliphatic heterocycles. The number of rotatable bonds is 2. The van der Waals surface area contributed by atoms with Gasteiger partial charge in [0.25, 0.3) is 0 Å². The third kappa shape index (κ3) is 2.48. The van der Waals surface area contributed by atoms with Gasteiger partial charge in [0.15, 0.2) is 0 Å². The summed E-state index contributed by atoms with van der Waals surface area (Å²) in [5.41, 5.74) is 5.50. The smallest absolute Gasteiger partial charge is 0.226 e. The molecule has 0 aliphatic carbocycles. The van der Waals surface area contributed by atoms with E-state index in [1.807, 2.05) is 47.1 Å². The van der Waals surface area contributed by atoms with Crippen LogP contribution in [0.1, 0.15) is 28.8 Å². The largest absolute Gasteiger partial charge is 0.480 e. The first kappa shape index (κ1) is 16.1. The fourth-order valence-electron chi connectivity index (χ4n) is 4.28. The lowest BCUT2D eigenvalue weighted by Gasteiger charge is -2.38. The number of fused-ring (bicyclic) bond motifs is 3. The highest BCUT2D eigenvalue weighted by molar-refractivity contribution is 5.85. The quantitative estimate of drug-likeness (QED) is 0.542. The second-order valence-electron chi connectivity index (χ2n) is 7.20. The Morgan fingerprint density at radius 1 is 0.793 bits per heavy atom. The Bertz CT molecular complexity index is 1210. The highest BCUT2D eigenvalue weighted by Gasteiger charge is 2.40. The van der Waals surface area contributed by atoms with Crippen LogP contribution in [0.4, 0.5) is 5.95 Å². The van der Waals surface area contributed by atoms with Gasteiger partial charge < -0.3 is 10.1 Å². The predicted molar refractivity (Wildman–Crippen MR) is 111 cm³/mol. The van der Waals surface area contributed by atoms with Gasteiger partial charge in [0, 0.05) is 11.1 Å². The summed E-state index contributed by atoms with van der Waals surface area (Å²) < 4.78 is 8.52. The Kier molecular flexibility index (Phi) is 3.53. The first-order valence-electron chi connectivity index (χ1n) is 9.67. The zero-order chi connectivity index (χ0) is 19.2. The summed E-state index contributed by atoms with van der Waals surface area (Å²) in [7, 11) is 0. The molecule has 5 nitrogen and oxygen atoms in total. The van der Waals surface area contributed by atoms with Crippen molar-refractivity contribution in [3.63, 3.8) is 0 Å². The van der Waals surface area contributed by atoms with Crippen molar-refractivity contribution < 1.29 is 4.74 Å². The van der Waals surface area contributed by atoms with E-state index >= 15 is 0 Å². The minimum absolute atomic E-state index is 0.108. The predicted octanol–water partition coefficient (Wildman–Crippen LogP) is 4.84. The van der Waals surface area contributed by atoms with Gasteiger partial charge in [0.1, 0.15) is 24.2 Å². The van der Waals surface area contributed by atoms with Crippen LogP contribution in [0.3, 0.4) is 0 Å². The number of nitrogens with zero attached hydrogens (tertiary/aromatic N) is 3. The summed E-state index contributed by atoms with van der Waals surface area (Å²) in [5, 5.41) is 8.07. The van der Waals surface area contributed by atoms with Crippen LogP contribution in [0.5, 0.6) is 5.75 Å². The van der Waals surface area contributed by atoms with Gasteiger partial charge >= 0.3 is 0 Å². The fraction of sp³-hybridized carbons (Fsp3) is 0.0833. The summed E-state index contributed by atoms with van der Waals surface area (Å²) in [4.78, 5) is 4.46. The van der Waals surface area contributed by atoms with Gasteiger partial charge in [-0.2, -0.15) is 10.1 Å². The summed E-state index contributed by atoms with van der Waals surface area (Å²) in [5.74, 6) is 1.61. The maximum Gasteiger partial charge on any atom is 0.226 e. The minimum Gasteiger partial charge on any atom is -0.480 e. The van der Waals surface area contributed by atoms with Gasteiger partial charge in [-0.25, -0.2) is 4.68 Å². The van der Waals surface area contributed by atoms with Crippen LogP contribution >= 0.6 is 0 Å². The average Bonchev–Trinajstić information content (AvgIpc) is 3.26. The summed E-state index contributed by atoms with van der Waals surface area (Å²) in [6.45, 7) is 0. The van der Waals surface area contributed by atoms with Crippen LogP contribution in [-0.2, 0) is 0 Å². The topological polar surface area (TPSA) is 52.0 Å². The maximum absolute atomic E-state index is 6.57. The molecule has 6 rings (SSSR count). The van der Waals surface area contributed by atoms with Crippen molar-refractivity contribution in [1.29, 1.82) is 0 Å². The zero-order valence-electron chi connectivity index (χ0n) is 15.6. The minimum atomic E-state index is -0.226. The Morgan fingerprint density at radius 2 is 1.48 bits per heavy atom. The van der Waals surface area contributed by atoms with Crippen LogP contribution in [0.25, 0.3) is 5.70 Å². The molecule has 1 N–H and O–H groups in total. The number of ether oxygens (including phenoxy) is 1. The van der Waals surface area contributed by atoms with Crippen molar-refractivity contribution in [3.8, 4) is 5.75 Å². The first-order valence-corrected chi connectivity index (χ1v) is 9.67. The van der Waals surface area contributed by atoms with Crippen LogP contribution in [-0.4, -0.2) is 14.8 Å². The van der Waals surface area contributed by atoms with E-state index in [2.05, 4.69) is 57.9 Å². The molecule has 29 heavy (non-hydrogen) atoms. The summed E-state index contributed by atoms with van der Waals surface area (Å²) >= 11 is 0. The Labute approximate surface area is 168 Å². The van der Waals surface area contributed by atoms with E-state index < -0.39 is 0 Å². The number of nitrogens with one attached hydrogen (secondary N) is 1. The molecule has 0 bridgehead atoms. The molecule has 2 atom stereocenters. The van der Waals surface area contributed by atoms with Gasteiger partial charge in [-0.1, -0.05) is 72.8 Å². The normalized spacial score (nSPS) is 19.4. The Morgan fingerprint density at radius 3 is 2.28 bits per heavy atom. The van der Waals surface area contributed by atoms with Crippen molar-refractivity contribution in [1.82, 2.24) is 14.8 Å². The zero-order valence-corrected chi connectivity index (χ0v) is 15.6. The second kappa shape index (κ2) is 6.34. The lowest BCUT2D eigenvalue weighted by atomic mass is 9.85. The van der Waals surface area contributed by atoms with Gasteiger partial charge in [0.05, 0.1) is 5.70 Å². The van der Waals surface area contributed by atoms with E-state index in [4.69, 9.17) is 4.74 Å². The van der Waals surface area contributed by atoms with Crippen LogP contribution in [0.15, 0.2) is 96.8 Å². The number of hydrogen-bond acceptors (Lipinski definition) is 4. The second-order valence-corrected chi connectivity index (χ2v) is 7.20. The molecule has 3 aromatic carbocycles. The van der Waals surface area contributed by atoms with E-state index in [1.54, 1.807) is 6.33 Å². The Hall–Kier alpha value is -3.86. The molecule has 0 radical (unpaired) electrons. The number of benzene rings is 3. The molecular weight excluding hydrogens is 360 g/mol. The van der Waals surface area contributed by atoms with Crippen LogP contribution < -0.4 is 10.1 Å². The van der Waals surface area contributed by atoms with Gasteiger partial charge in [-0.3, -0.25) is 0 Å². The molecule has 0 saturated heterocycles. The van der Waals surface area contributed by atoms with E-state index in [0.29, 0.717) is 0 Å². The molecular formula is C24H18N4O. The van der Waals surface area contributed by atoms with E-state index in [1.165, 1.54) is 0 Å².